The van der Waals surface area contributed by atoms with Gasteiger partial charge in [0.05, 0.1) is 13.2 Å². The van der Waals surface area contributed by atoms with Crippen LogP contribution in [-0.2, 0) is 22.4 Å². The summed E-state index contributed by atoms with van der Waals surface area (Å²) < 4.78 is 11.3. The Balaban J connectivity index is 1.32. The van der Waals surface area contributed by atoms with Crippen LogP contribution >= 0.6 is 0 Å². The molecule has 7 heteroatoms. The molecule has 0 radical (unpaired) electrons. The zero-order valence-corrected chi connectivity index (χ0v) is 24.6. The van der Waals surface area contributed by atoms with Crippen LogP contribution < -0.4 is 4.74 Å². The van der Waals surface area contributed by atoms with Gasteiger partial charge in [-0.25, -0.2) is 0 Å². The number of nitrogens with one attached hydrogen (secondary N) is 1. The van der Waals surface area contributed by atoms with Gasteiger partial charge in [-0.15, -0.1) is 10.2 Å². The van der Waals surface area contributed by atoms with E-state index < -0.39 is 0 Å². The first-order chi connectivity index (χ1) is 20.7. The first kappa shape index (κ1) is 30.7. The quantitative estimate of drug-likeness (QED) is 0.0982. The fourth-order valence-electron chi connectivity index (χ4n) is 4.98. The topological polar surface area (TPSA) is 90.0 Å². The predicted octanol–water partition coefficient (Wildman–Crippen LogP) is 7.65. The molecule has 1 aromatic heterocycles. The number of tetrazole rings is 1. The highest BCUT2D eigenvalue weighted by molar-refractivity contribution is 5.69. The summed E-state index contributed by atoms with van der Waals surface area (Å²) in [4.78, 5) is 11.8. The number of unbranched alkanes of at least 4 members (excludes halogenated alkanes) is 3. The zero-order chi connectivity index (χ0) is 29.2. The molecule has 0 aliphatic heterocycles. The molecule has 0 bridgehead atoms. The first-order valence-corrected chi connectivity index (χ1v) is 15.1. The molecule has 42 heavy (non-hydrogen) atoms. The van der Waals surface area contributed by atoms with E-state index in [0.717, 1.165) is 61.8 Å². The van der Waals surface area contributed by atoms with Crippen molar-refractivity contribution >= 4 is 12.0 Å². The van der Waals surface area contributed by atoms with Crippen molar-refractivity contribution in [2.45, 2.75) is 64.7 Å². The molecule has 0 aliphatic rings. The Labute approximate surface area is 249 Å². The van der Waals surface area contributed by atoms with Gasteiger partial charge in [0.2, 0.25) is 5.82 Å². The summed E-state index contributed by atoms with van der Waals surface area (Å²) in [5.41, 5.74) is 4.65. The van der Waals surface area contributed by atoms with E-state index in [1.165, 1.54) is 17.5 Å². The lowest BCUT2D eigenvalue weighted by molar-refractivity contribution is -0.143. The summed E-state index contributed by atoms with van der Waals surface area (Å²) in [5, 5.41) is 14.3. The molecule has 1 N–H and O–H groups in total. The number of benzene rings is 3. The standard InChI is InChI=1S/C35H42N4O3/c1-2-41-34(40)19-11-8-16-29(27-30-21-24-32(25-22-30)35-36-38-39-37-35)20-23-31-17-9-10-18-33(31)42-26-12-4-7-15-28-13-5-3-6-14-28/h3,5-6,9-10,13-14,17-18,20-25,29H,2,4,7-8,11-12,15-16,19,26-27H2,1H3,(H,36,37,38,39)/b23-20+. The third kappa shape index (κ3) is 10.6. The van der Waals surface area contributed by atoms with Gasteiger partial charge >= 0.3 is 5.97 Å². The normalized spacial score (nSPS) is 11.9. The molecule has 1 atom stereocenters. The number of H-pyrrole nitrogens is 1. The van der Waals surface area contributed by atoms with Crippen molar-refractivity contribution in [3.63, 3.8) is 0 Å². The molecule has 0 saturated heterocycles. The van der Waals surface area contributed by atoms with Crippen LogP contribution in [0.3, 0.4) is 0 Å². The van der Waals surface area contributed by atoms with E-state index >= 15 is 0 Å². The third-order valence-corrected chi connectivity index (χ3v) is 7.24. The monoisotopic (exact) mass is 566 g/mol. The first-order valence-electron chi connectivity index (χ1n) is 15.1. The number of rotatable bonds is 18. The lowest BCUT2D eigenvalue weighted by Gasteiger charge is -2.14. The van der Waals surface area contributed by atoms with Crippen molar-refractivity contribution in [2.75, 3.05) is 13.2 Å². The molecule has 0 spiro atoms. The highest BCUT2D eigenvalue weighted by Gasteiger charge is 2.10. The smallest absolute Gasteiger partial charge is 0.305 e. The number of carbonyl (C=O) groups is 1. The van der Waals surface area contributed by atoms with Gasteiger partial charge in [-0.1, -0.05) is 91.4 Å². The summed E-state index contributed by atoms with van der Waals surface area (Å²) in [6.45, 7) is 2.99. The van der Waals surface area contributed by atoms with Crippen LogP contribution in [0.4, 0.5) is 0 Å². The number of hydrogen-bond donors (Lipinski definition) is 1. The van der Waals surface area contributed by atoms with E-state index in [9.17, 15) is 4.79 Å². The second-order valence-electron chi connectivity index (χ2n) is 10.5. The maximum absolute atomic E-state index is 11.8. The third-order valence-electron chi connectivity index (χ3n) is 7.24. The lowest BCUT2D eigenvalue weighted by atomic mass is 9.92. The number of para-hydroxylation sites is 1. The fraction of sp³-hybridized carbons (Fsp3) is 0.371. The van der Waals surface area contributed by atoms with Gasteiger partial charge in [0, 0.05) is 17.5 Å². The number of aromatic amines is 1. The van der Waals surface area contributed by atoms with Gasteiger partial charge in [-0.05, 0) is 80.2 Å². The molecule has 0 fully saturated rings. The van der Waals surface area contributed by atoms with Crippen LogP contribution in [0.25, 0.3) is 17.5 Å². The Morgan fingerprint density at radius 3 is 2.48 bits per heavy atom. The van der Waals surface area contributed by atoms with Crippen molar-refractivity contribution in [2.24, 2.45) is 5.92 Å². The van der Waals surface area contributed by atoms with Gasteiger partial charge in [-0.3, -0.25) is 4.79 Å². The van der Waals surface area contributed by atoms with Crippen LogP contribution in [0.1, 0.15) is 68.6 Å². The lowest BCUT2D eigenvalue weighted by Crippen LogP contribution is -2.05. The van der Waals surface area contributed by atoms with Gasteiger partial charge in [0.25, 0.3) is 0 Å². The molecule has 0 aliphatic carbocycles. The number of carbonyl (C=O) groups excluding carboxylic acids is 1. The Hall–Kier alpha value is -4.26. The molecule has 7 nitrogen and oxygen atoms in total. The van der Waals surface area contributed by atoms with E-state index in [1.54, 1.807) is 0 Å². The molecule has 220 valence electrons. The molecule has 3 aromatic carbocycles. The number of aromatic nitrogens is 4. The molecule has 0 amide bonds. The SMILES string of the molecule is CCOC(=O)CCCCC(/C=C/c1ccccc1OCCCCCc1ccccc1)Cc1ccc(-c2nn[nH]n2)cc1. The predicted molar refractivity (Wildman–Crippen MR) is 167 cm³/mol. The summed E-state index contributed by atoms with van der Waals surface area (Å²) in [5.74, 6) is 1.70. The minimum atomic E-state index is -0.118. The highest BCUT2D eigenvalue weighted by atomic mass is 16.5. The molecular formula is C35H42N4O3. The van der Waals surface area contributed by atoms with Gasteiger partial charge in [-0.2, -0.15) is 5.21 Å². The molecule has 4 rings (SSSR count). The molecule has 1 heterocycles. The number of hydrogen-bond acceptors (Lipinski definition) is 6. The van der Waals surface area contributed by atoms with Crippen molar-refractivity contribution in [3.8, 4) is 17.1 Å². The number of nitrogens with zero attached hydrogens (tertiary/aromatic N) is 3. The van der Waals surface area contributed by atoms with Crippen LogP contribution in [-0.4, -0.2) is 39.8 Å². The number of aryl methyl sites for hydroxylation is 1. The van der Waals surface area contributed by atoms with Gasteiger partial charge in [0.1, 0.15) is 5.75 Å². The van der Waals surface area contributed by atoms with E-state index in [0.29, 0.717) is 31.4 Å². The van der Waals surface area contributed by atoms with Crippen LogP contribution in [0, 0.1) is 5.92 Å². The average molecular weight is 567 g/mol. The Morgan fingerprint density at radius 2 is 1.69 bits per heavy atom. The van der Waals surface area contributed by atoms with Crippen molar-refractivity contribution in [3.05, 3.63) is 102 Å². The van der Waals surface area contributed by atoms with Gasteiger partial charge < -0.3 is 9.47 Å². The largest absolute Gasteiger partial charge is 0.493 e. The van der Waals surface area contributed by atoms with E-state index in [2.05, 4.69) is 93.4 Å². The van der Waals surface area contributed by atoms with E-state index in [-0.39, 0.29) is 5.97 Å². The van der Waals surface area contributed by atoms with Crippen molar-refractivity contribution in [1.82, 2.24) is 20.6 Å². The molecule has 0 saturated carbocycles. The molecule has 4 aromatic rings. The summed E-state index contributed by atoms with van der Waals surface area (Å²) in [7, 11) is 0. The van der Waals surface area contributed by atoms with E-state index in [1.807, 2.05) is 25.1 Å². The van der Waals surface area contributed by atoms with Crippen LogP contribution in [0.5, 0.6) is 5.75 Å². The van der Waals surface area contributed by atoms with Crippen LogP contribution in [0.2, 0.25) is 0 Å². The Bertz CT molecular complexity index is 1340. The minimum absolute atomic E-state index is 0.118. The summed E-state index contributed by atoms with van der Waals surface area (Å²) >= 11 is 0. The van der Waals surface area contributed by atoms with Gasteiger partial charge in [0.15, 0.2) is 0 Å². The average Bonchev–Trinajstić information content (AvgIpc) is 3.56. The Morgan fingerprint density at radius 1 is 0.881 bits per heavy atom. The summed E-state index contributed by atoms with van der Waals surface area (Å²) in [6.07, 6.45) is 13.1. The molecule has 1 unspecified atom stereocenters. The molecular weight excluding hydrogens is 524 g/mol. The number of ether oxygens (including phenoxy) is 2. The minimum Gasteiger partial charge on any atom is -0.493 e. The highest BCUT2D eigenvalue weighted by Crippen LogP contribution is 2.25. The van der Waals surface area contributed by atoms with Crippen molar-refractivity contribution < 1.29 is 14.3 Å². The fourth-order valence-corrected chi connectivity index (χ4v) is 4.98. The van der Waals surface area contributed by atoms with Crippen LogP contribution in [0.15, 0.2) is 84.9 Å². The maximum atomic E-state index is 11.8. The number of allylic oxidation sites excluding steroid dienone is 1. The zero-order valence-electron chi connectivity index (χ0n) is 24.6. The second kappa shape index (κ2) is 17.5. The number of esters is 1. The van der Waals surface area contributed by atoms with Crippen molar-refractivity contribution in [1.29, 1.82) is 0 Å². The second-order valence-corrected chi connectivity index (χ2v) is 10.5. The van der Waals surface area contributed by atoms with E-state index in [4.69, 9.17) is 9.47 Å². The Kier molecular flexibility index (Phi) is 12.8. The maximum Gasteiger partial charge on any atom is 0.305 e. The summed E-state index contributed by atoms with van der Waals surface area (Å²) in [6, 6.07) is 27.2.